The Morgan fingerprint density at radius 1 is 1.42 bits per heavy atom. The van der Waals surface area contributed by atoms with Gasteiger partial charge in [-0.1, -0.05) is 6.07 Å². The second-order valence-corrected chi connectivity index (χ2v) is 4.71. The smallest absolute Gasteiger partial charge is 0.243 e. The monoisotopic (exact) mass is 259 g/mol. The van der Waals surface area contributed by atoms with Gasteiger partial charge in [0.1, 0.15) is 12.3 Å². The van der Waals surface area contributed by atoms with E-state index in [9.17, 15) is 9.90 Å². The van der Waals surface area contributed by atoms with Crippen LogP contribution in [0.15, 0.2) is 30.6 Å². The zero-order chi connectivity index (χ0) is 14.0. The maximum atomic E-state index is 11.6. The molecule has 1 amide bonds. The molecule has 2 aromatic rings. The molecule has 0 aliphatic rings. The lowest BCUT2D eigenvalue weighted by molar-refractivity contribution is -0.129. The molecule has 1 N–H and O–H groups in total. The van der Waals surface area contributed by atoms with E-state index >= 15 is 0 Å². The molecule has 1 heterocycles. The summed E-state index contributed by atoms with van der Waals surface area (Å²) in [5.41, 5.74) is 2.91. The van der Waals surface area contributed by atoms with E-state index in [2.05, 4.69) is 5.10 Å². The number of carbonyl (C=O) groups is 1. The minimum atomic E-state index is -0.00271. The predicted octanol–water partition coefficient (Wildman–Crippen LogP) is 1.65. The Hall–Kier alpha value is -2.30. The molecular weight excluding hydrogens is 242 g/mol. The maximum absolute atomic E-state index is 11.6. The SMILES string of the molecule is Cc1cc(O)ccc1-c1cnn(CC(=O)N(C)C)c1. The van der Waals surface area contributed by atoms with Gasteiger partial charge in [-0.3, -0.25) is 9.48 Å². The van der Waals surface area contributed by atoms with Crippen LogP contribution in [0, 0.1) is 6.92 Å². The van der Waals surface area contributed by atoms with Gasteiger partial charge in [-0.25, -0.2) is 0 Å². The second-order valence-electron chi connectivity index (χ2n) is 4.71. The average molecular weight is 259 g/mol. The number of carbonyl (C=O) groups excluding carboxylic acids is 1. The Morgan fingerprint density at radius 3 is 2.79 bits per heavy atom. The van der Waals surface area contributed by atoms with E-state index in [-0.39, 0.29) is 18.2 Å². The van der Waals surface area contributed by atoms with Crippen LogP contribution >= 0.6 is 0 Å². The molecule has 0 radical (unpaired) electrons. The van der Waals surface area contributed by atoms with Crippen LogP contribution in [0.25, 0.3) is 11.1 Å². The number of aromatic hydroxyl groups is 1. The number of phenolic OH excluding ortho intramolecular Hbond substituents is 1. The molecule has 5 heteroatoms. The van der Waals surface area contributed by atoms with E-state index in [1.807, 2.05) is 19.2 Å². The Labute approximate surface area is 112 Å². The molecule has 5 nitrogen and oxygen atoms in total. The van der Waals surface area contributed by atoms with Crippen LogP contribution in [0.3, 0.4) is 0 Å². The fourth-order valence-electron chi connectivity index (χ4n) is 1.84. The standard InChI is InChI=1S/C14H17N3O2/c1-10-6-12(18)4-5-13(10)11-7-15-17(8-11)9-14(19)16(2)3/h4-8,18H,9H2,1-3H3. The van der Waals surface area contributed by atoms with E-state index in [0.29, 0.717) is 0 Å². The van der Waals surface area contributed by atoms with Crippen molar-refractivity contribution in [2.24, 2.45) is 0 Å². The zero-order valence-electron chi connectivity index (χ0n) is 11.3. The van der Waals surface area contributed by atoms with Crippen LogP contribution in [-0.2, 0) is 11.3 Å². The van der Waals surface area contributed by atoms with Crippen LogP contribution in [0.4, 0.5) is 0 Å². The highest BCUT2D eigenvalue weighted by Gasteiger charge is 2.09. The molecular formula is C14H17N3O2. The lowest BCUT2D eigenvalue weighted by Gasteiger charge is -2.09. The second kappa shape index (κ2) is 5.14. The molecule has 0 saturated carbocycles. The molecule has 0 saturated heterocycles. The number of hydrogen-bond donors (Lipinski definition) is 1. The van der Waals surface area contributed by atoms with Crippen LogP contribution in [0.5, 0.6) is 5.75 Å². The van der Waals surface area contributed by atoms with Crippen molar-refractivity contribution in [1.82, 2.24) is 14.7 Å². The normalized spacial score (nSPS) is 10.5. The summed E-state index contributed by atoms with van der Waals surface area (Å²) >= 11 is 0. The van der Waals surface area contributed by atoms with E-state index in [1.54, 1.807) is 37.1 Å². The van der Waals surface area contributed by atoms with E-state index < -0.39 is 0 Å². The number of aromatic nitrogens is 2. The fraction of sp³-hybridized carbons (Fsp3) is 0.286. The molecule has 1 aromatic carbocycles. The van der Waals surface area contributed by atoms with Gasteiger partial charge in [-0.05, 0) is 30.2 Å². The number of benzene rings is 1. The summed E-state index contributed by atoms with van der Waals surface area (Å²) in [7, 11) is 3.44. The molecule has 2 rings (SSSR count). The van der Waals surface area contributed by atoms with Gasteiger partial charge in [0.05, 0.1) is 6.20 Å². The third-order valence-electron chi connectivity index (χ3n) is 2.95. The van der Waals surface area contributed by atoms with E-state index in [0.717, 1.165) is 16.7 Å². The highest BCUT2D eigenvalue weighted by Crippen LogP contribution is 2.25. The van der Waals surface area contributed by atoms with Gasteiger partial charge in [0.15, 0.2) is 0 Å². The number of phenols is 1. The molecule has 100 valence electrons. The fourth-order valence-corrected chi connectivity index (χ4v) is 1.84. The van der Waals surface area contributed by atoms with Crippen molar-refractivity contribution in [3.05, 3.63) is 36.2 Å². The average Bonchev–Trinajstić information content (AvgIpc) is 2.77. The molecule has 0 unspecified atom stereocenters. The van der Waals surface area contributed by atoms with E-state index in [4.69, 9.17) is 0 Å². The van der Waals surface area contributed by atoms with Gasteiger partial charge in [0.25, 0.3) is 0 Å². The minimum absolute atomic E-state index is 0.00271. The first-order valence-electron chi connectivity index (χ1n) is 6.00. The van der Waals surface area contributed by atoms with Crippen molar-refractivity contribution in [2.75, 3.05) is 14.1 Å². The third-order valence-corrected chi connectivity index (χ3v) is 2.95. The van der Waals surface area contributed by atoms with Crippen molar-refractivity contribution >= 4 is 5.91 Å². The highest BCUT2D eigenvalue weighted by atomic mass is 16.3. The molecule has 0 spiro atoms. The summed E-state index contributed by atoms with van der Waals surface area (Å²) in [6.07, 6.45) is 3.56. The first-order valence-corrected chi connectivity index (χ1v) is 6.00. The summed E-state index contributed by atoms with van der Waals surface area (Å²) < 4.78 is 1.62. The number of amides is 1. The van der Waals surface area contributed by atoms with Gasteiger partial charge in [-0.15, -0.1) is 0 Å². The van der Waals surface area contributed by atoms with Gasteiger partial charge in [0, 0.05) is 25.9 Å². The van der Waals surface area contributed by atoms with Gasteiger partial charge >= 0.3 is 0 Å². The summed E-state index contributed by atoms with van der Waals surface area (Å²) in [5.74, 6) is 0.244. The lowest BCUT2D eigenvalue weighted by Crippen LogP contribution is -2.26. The van der Waals surface area contributed by atoms with Crippen LogP contribution in [0.1, 0.15) is 5.56 Å². The van der Waals surface area contributed by atoms with E-state index in [1.165, 1.54) is 4.90 Å². The first kappa shape index (κ1) is 13.1. The van der Waals surface area contributed by atoms with Crippen LogP contribution in [-0.4, -0.2) is 39.8 Å². The highest BCUT2D eigenvalue weighted by molar-refractivity contribution is 5.75. The van der Waals surface area contributed by atoms with Gasteiger partial charge in [-0.2, -0.15) is 5.10 Å². The zero-order valence-corrected chi connectivity index (χ0v) is 11.3. The Morgan fingerprint density at radius 2 is 2.16 bits per heavy atom. The molecule has 0 aliphatic heterocycles. The third kappa shape index (κ3) is 2.93. The van der Waals surface area contributed by atoms with Crippen LogP contribution < -0.4 is 0 Å². The number of nitrogens with zero attached hydrogens (tertiary/aromatic N) is 3. The van der Waals surface area contributed by atoms with Gasteiger partial charge < -0.3 is 10.0 Å². The topological polar surface area (TPSA) is 58.4 Å². The van der Waals surface area contributed by atoms with Gasteiger partial charge in [0.2, 0.25) is 5.91 Å². The Balaban J connectivity index is 2.23. The summed E-state index contributed by atoms with van der Waals surface area (Å²) in [4.78, 5) is 13.1. The molecule has 0 fully saturated rings. The van der Waals surface area contributed by atoms with Crippen molar-refractivity contribution in [1.29, 1.82) is 0 Å². The summed E-state index contributed by atoms with van der Waals surface area (Å²) in [6, 6.07) is 5.20. The summed E-state index contributed by atoms with van der Waals surface area (Å²) in [5, 5.41) is 13.6. The number of rotatable bonds is 3. The van der Waals surface area contributed by atoms with Crippen LogP contribution in [0.2, 0.25) is 0 Å². The lowest BCUT2D eigenvalue weighted by atomic mass is 10.0. The Kier molecular flexibility index (Phi) is 3.55. The van der Waals surface area contributed by atoms with Crippen molar-refractivity contribution in [3.63, 3.8) is 0 Å². The van der Waals surface area contributed by atoms with Crippen molar-refractivity contribution < 1.29 is 9.90 Å². The van der Waals surface area contributed by atoms with Crippen molar-refractivity contribution in [2.45, 2.75) is 13.5 Å². The molecule has 0 aliphatic carbocycles. The number of hydrogen-bond acceptors (Lipinski definition) is 3. The minimum Gasteiger partial charge on any atom is -0.508 e. The molecule has 0 bridgehead atoms. The Bertz CT molecular complexity index is 602. The molecule has 0 atom stereocenters. The number of aryl methyl sites for hydroxylation is 1. The maximum Gasteiger partial charge on any atom is 0.243 e. The number of likely N-dealkylation sites (N-methyl/N-ethyl adjacent to an activating group) is 1. The first-order chi connectivity index (χ1) is 8.97. The quantitative estimate of drug-likeness (QED) is 0.911. The molecule has 1 aromatic heterocycles. The summed E-state index contributed by atoms with van der Waals surface area (Å²) in [6.45, 7) is 2.15. The van der Waals surface area contributed by atoms with Crippen molar-refractivity contribution in [3.8, 4) is 16.9 Å². The predicted molar refractivity (Wildman–Crippen MR) is 72.8 cm³/mol. The molecule has 19 heavy (non-hydrogen) atoms. The largest absolute Gasteiger partial charge is 0.508 e.